The van der Waals surface area contributed by atoms with E-state index in [1.54, 1.807) is 32.1 Å². The van der Waals surface area contributed by atoms with Crippen LogP contribution in [0.2, 0.25) is 0 Å². The number of allylic oxidation sites excluding steroid dienone is 4. The number of aliphatic hydroxyl groups is 2. The van der Waals surface area contributed by atoms with Gasteiger partial charge in [-0.1, -0.05) is 82.6 Å². The van der Waals surface area contributed by atoms with Gasteiger partial charge >= 0.3 is 0 Å². The predicted molar refractivity (Wildman–Crippen MR) is 158 cm³/mol. The minimum absolute atomic E-state index is 0.0177. The lowest BCUT2D eigenvalue weighted by Crippen LogP contribution is -2.13. The quantitative estimate of drug-likeness (QED) is 0.117. The number of hydrogen-bond donors (Lipinski definition) is 3. The Balaban J connectivity index is 0.000000384. The molecule has 1 fully saturated rings. The molecule has 0 aliphatic heterocycles. The SMILES string of the molecule is C=C(OSC1CCCCC1)/C(C(=O)SCC)=C(\O)C(C)C.CC=C/C(O)=C(/C)C(=O)Nc1ccccc1. The molecule has 1 aliphatic carbocycles. The Kier molecular flexibility index (Phi) is 15.6. The van der Waals surface area contributed by atoms with Gasteiger partial charge in [0, 0.05) is 16.9 Å². The Hall–Kier alpha value is -2.58. The highest BCUT2D eigenvalue weighted by atomic mass is 32.2. The summed E-state index contributed by atoms with van der Waals surface area (Å²) in [4.78, 5) is 23.8. The first kappa shape index (κ1) is 32.4. The average molecular weight is 548 g/mol. The minimum Gasteiger partial charge on any atom is -0.511 e. The van der Waals surface area contributed by atoms with Crippen molar-refractivity contribution in [2.75, 3.05) is 11.1 Å². The number of benzene rings is 1. The van der Waals surface area contributed by atoms with Gasteiger partial charge in [0.15, 0.2) is 0 Å². The van der Waals surface area contributed by atoms with Crippen LogP contribution in [0.15, 0.2) is 77.5 Å². The Bertz CT molecular complexity index is 977. The van der Waals surface area contributed by atoms with Gasteiger partial charge in [0.25, 0.3) is 5.91 Å². The Labute approximate surface area is 230 Å². The van der Waals surface area contributed by atoms with Crippen molar-refractivity contribution in [3.8, 4) is 0 Å². The van der Waals surface area contributed by atoms with E-state index in [2.05, 4.69) is 11.9 Å². The second-order valence-corrected chi connectivity index (χ2v) is 11.1. The fraction of sp³-hybridized carbons (Fsp3) is 0.448. The zero-order chi connectivity index (χ0) is 27.8. The number of hydrogen-bond acceptors (Lipinski definition) is 7. The van der Waals surface area contributed by atoms with Crippen molar-refractivity contribution in [2.45, 2.75) is 72.0 Å². The summed E-state index contributed by atoms with van der Waals surface area (Å²) < 4.78 is 5.65. The van der Waals surface area contributed by atoms with Crippen LogP contribution >= 0.6 is 23.8 Å². The molecule has 0 atom stereocenters. The molecule has 0 radical (unpaired) electrons. The van der Waals surface area contributed by atoms with E-state index >= 15 is 0 Å². The van der Waals surface area contributed by atoms with E-state index in [9.17, 15) is 19.8 Å². The number of amides is 1. The number of anilines is 1. The predicted octanol–water partition coefficient (Wildman–Crippen LogP) is 8.28. The third-order valence-electron chi connectivity index (χ3n) is 5.48. The van der Waals surface area contributed by atoms with E-state index in [4.69, 9.17) is 4.18 Å². The van der Waals surface area contributed by atoms with Crippen molar-refractivity contribution >= 4 is 40.5 Å². The van der Waals surface area contributed by atoms with Crippen molar-refractivity contribution in [3.05, 3.63) is 77.5 Å². The van der Waals surface area contributed by atoms with Crippen LogP contribution in [-0.2, 0) is 13.8 Å². The highest BCUT2D eigenvalue weighted by molar-refractivity contribution is 8.14. The number of aliphatic hydroxyl groups excluding tert-OH is 2. The molecule has 204 valence electrons. The van der Waals surface area contributed by atoms with Crippen LogP contribution in [0, 0.1) is 5.92 Å². The molecule has 0 heterocycles. The Morgan fingerprint density at radius 1 is 1.16 bits per heavy atom. The second kappa shape index (κ2) is 17.8. The van der Waals surface area contributed by atoms with Crippen molar-refractivity contribution in [3.63, 3.8) is 0 Å². The van der Waals surface area contributed by atoms with Gasteiger partial charge in [-0.25, -0.2) is 0 Å². The zero-order valence-electron chi connectivity index (χ0n) is 22.6. The normalized spacial score (nSPS) is 15.3. The van der Waals surface area contributed by atoms with Crippen LogP contribution < -0.4 is 5.32 Å². The summed E-state index contributed by atoms with van der Waals surface area (Å²) >= 11 is 2.56. The maximum absolute atomic E-state index is 12.2. The number of carbonyl (C=O) groups is 2. The van der Waals surface area contributed by atoms with Gasteiger partial charge in [0.1, 0.15) is 22.9 Å². The highest BCUT2D eigenvalue weighted by Gasteiger charge is 2.24. The van der Waals surface area contributed by atoms with Gasteiger partial charge in [-0.2, -0.15) is 0 Å². The molecule has 3 N–H and O–H groups in total. The second-order valence-electron chi connectivity index (χ2n) is 8.83. The molecule has 0 spiro atoms. The molecular formula is C29H41NO5S2. The van der Waals surface area contributed by atoms with Gasteiger partial charge in [-0.3, -0.25) is 9.59 Å². The number of nitrogens with one attached hydrogen (secondary N) is 1. The molecule has 0 unspecified atom stereocenters. The zero-order valence-corrected chi connectivity index (χ0v) is 24.2. The van der Waals surface area contributed by atoms with Crippen LogP contribution in [0.3, 0.4) is 0 Å². The van der Waals surface area contributed by atoms with Gasteiger partial charge < -0.3 is 19.7 Å². The molecule has 0 saturated heterocycles. The highest BCUT2D eigenvalue weighted by Crippen LogP contribution is 2.33. The lowest BCUT2D eigenvalue weighted by Gasteiger charge is -2.21. The monoisotopic (exact) mass is 547 g/mol. The average Bonchev–Trinajstić information content (AvgIpc) is 2.89. The van der Waals surface area contributed by atoms with E-state index in [1.165, 1.54) is 49.1 Å². The van der Waals surface area contributed by atoms with Crippen molar-refractivity contribution in [1.29, 1.82) is 0 Å². The van der Waals surface area contributed by atoms with Crippen molar-refractivity contribution in [2.24, 2.45) is 5.92 Å². The van der Waals surface area contributed by atoms with Crippen LogP contribution in [0.4, 0.5) is 5.69 Å². The van der Waals surface area contributed by atoms with Gasteiger partial charge in [-0.15, -0.1) is 0 Å². The van der Waals surface area contributed by atoms with Crippen LogP contribution in [0.5, 0.6) is 0 Å². The molecule has 0 aromatic heterocycles. The van der Waals surface area contributed by atoms with Gasteiger partial charge in [-0.05, 0) is 50.7 Å². The molecule has 1 aromatic rings. The van der Waals surface area contributed by atoms with Crippen LogP contribution in [-0.4, -0.2) is 32.2 Å². The molecule has 6 nitrogen and oxygen atoms in total. The summed E-state index contributed by atoms with van der Waals surface area (Å²) in [7, 11) is 0. The first-order valence-corrected chi connectivity index (χ1v) is 14.4. The lowest BCUT2D eigenvalue weighted by atomic mass is 10.0. The molecule has 1 aromatic carbocycles. The molecule has 1 saturated carbocycles. The lowest BCUT2D eigenvalue weighted by molar-refractivity contribution is -0.113. The first-order valence-electron chi connectivity index (χ1n) is 12.6. The largest absolute Gasteiger partial charge is 0.511 e. The molecule has 0 bridgehead atoms. The molecule has 37 heavy (non-hydrogen) atoms. The number of thioether (sulfide) groups is 1. The summed E-state index contributed by atoms with van der Waals surface area (Å²) in [5, 5.41) is 22.7. The van der Waals surface area contributed by atoms with E-state index in [1.807, 2.05) is 39.0 Å². The first-order chi connectivity index (χ1) is 17.6. The summed E-state index contributed by atoms with van der Waals surface area (Å²) in [6.45, 7) is 12.8. The van der Waals surface area contributed by atoms with E-state index < -0.39 is 0 Å². The third-order valence-corrected chi connectivity index (χ3v) is 7.28. The summed E-state index contributed by atoms with van der Waals surface area (Å²) in [5.41, 5.74) is 1.24. The van der Waals surface area contributed by atoms with E-state index in [0.717, 1.165) is 12.8 Å². The number of carbonyl (C=O) groups excluding carboxylic acids is 2. The number of para-hydroxylation sites is 1. The maximum atomic E-state index is 12.2. The Morgan fingerprint density at radius 3 is 2.32 bits per heavy atom. The van der Waals surface area contributed by atoms with E-state index in [-0.39, 0.29) is 39.8 Å². The third kappa shape index (κ3) is 12.0. The van der Waals surface area contributed by atoms with Crippen molar-refractivity contribution in [1.82, 2.24) is 0 Å². The fourth-order valence-electron chi connectivity index (χ4n) is 3.33. The molecule has 1 aliphatic rings. The van der Waals surface area contributed by atoms with Gasteiger partial charge in [0.2, 0.25) is 5.12 Å². The topological polar surface area (TPSA) is 95.9 Å². The minimum atomic E-state index is -0.304. The fourth-order valence-corrected chi connectivity index (χ4v) is 4.81. The van der Waals surface area contributed by atoms with Crippen LogP contribution in [0.25, 0.3) is 0 Å². The standard InChI is InChI=1S/C16H26O3S2.C13H15NO2/c1-5-20-16(18)14(15(17)11(2)3)12(4)19-21-13-9-7-6-8-10-13;1-3-7-12(15)10(2)13(16)14-11-8-5-4-6-9-11/h11,13,17H,4-10H2,1-3H3;3-9,15H,1-2H3,(H,14,16)/b15-14+;7-3?,12-10+. The Morgan fingerprint density at radius 2 is 1.78 bits per heavy atom. The molecule has 2 rings (SSSR count). The molecule has 1 amide bonds. The smallest absolute Gasteiger partial charge is 0.255 e. The molecular weight excluding hydrogens is 506 g/mol. The number of rotatable bonds is 10. The van der Waals surface area contributed by atoms with Gasteiger partial charge in [0.05, 0.1) is 17.6 Å². The molecule has 8 heteroatoms. The van der Waals surface area contributed by atoms with Crippen molar-refractivity contribution < 1.29 is 24.0 Å². The van der Waals surface area contributed by atoms with Crippen LogP contribution in [0.1, 0.15) is 66.7 Å². The summed E-state index contributed by atoms with van der Waals surface area (Å²) in [6, 6.07) is 9.12. The van der Waals surface area contributed by atoms with E-state index in [0.29, 0.717) is 22.3 Å². The summed E-state index contributed by atoms with van der Waals surface area (Å²) in [5.74, 6) is 0.564. The maximum Gasteiger partial charge on any atom is 0.255 e. The summed E-state index contributed by atoms with van der Waals surface area (Å²) in [6.07, 6.45) is 9.21.